The molecule has 2 atom stereocenters. The molecule has 0 radical (unpaired) electrons. The molecule has 0 bridgehead atoms. The summed E-state index contributed by atoms with van der Waals surface area (Å²) < 4.78 is 0. The molecule has 2 rings (SSSR count). The van der Waals surface area contributed by atoms with Crippen LogP contribution in [0.3, 0.4) is 0 Å². The predicted octanol–water partition coefficient (Wildman–Crippen LogP) is -0.00120. The zero-order valence-corrected chi connectivity index (χ0v) is 10.8. The molecule has 0 aromatic rings. The number of nitrogens with one attached hydrogen (secondary N) is 2. The van der Waals surface area contributed by atoms with Crippen molar-refractivity contribution in [3.63, 3.8) is 0 Å². The summed E-state index contributed by atoms with van der Waals surface area (Å²) >= 11 is 0. The van der Waals surface area contributed by atoms with Gasteiger partial charge in [-0.2, -0.15) is 0 Å². The molecule has 2 unspecified atom stereocenters. The number of carboxylic acid groups (broad SMARTS) is 1. The van der Waals surface area contributed by atoms with Crippen LogP contribution in [-0.2, 0) is 4.79 Å². The van der Waals surface area contributed by atoms with Crippen molar-refractivity contribution >= 4 is 12.0 Å². The SMILES string of the molecule is C#CCC(NC(=O)NC1CCN(C2CC2)C1)C(=O)O. The lowest BCUT2D eigenvalue weighted by molar-refractivity contribution is -0.139. The van der Waals surface area contributed by atoms with Gasteiger partial charge in [0.15, 0.2) is 0 Å². The predicted molar refractivity (Wildman–Crippen MR) is 69.5 cm³/mol. The van der Waals surface area contributed by atoms with E-state index in [9.17, 15) is 9.59 Å². The largest absolute Gasteiger partial charge is 0.480 e. The minimum absolute atomic E-state index is 0.0123. The first-order valence-electron chi connectivity index (χ1n) is 6.57. The van der Waals surface area contributed by atoms with Gasteiger partial charge >= 0.3 is 12.0 Å². The lowest BCUT2D eigenvalue weighted by atomic mass is 10.2. The van der Waals surface area contributed by atoms with E-state index in [4.69, 9.17) is 11.5 Å². The molecule has 2 fully saturated rings. The number of likely N-dealkylation sites (tertiary alicyclic amines) is 1. The van der Waals surface area contributed by atoms with E-state index >= 15 is 0 Å². The smallest absolute Gasteiger partial charge is 0.327 e. The maximum Gasteiger partial charge on any atom is 0.327 e. The van der Waals surface area contributed by atoms with Gasteiger partial charge in [-0.25, -0.2) is 9.59 Å². The number of urea groups is 1. The molecule has 1 heterocycles. The van der Waals surface area contributed by atoms with Crippen LogP contribution in [0.4, 0.5) is 4.79 Å². The third kappa shape index (κ3) is 3.86. The van der Waals surface area contributed by atoms with E-state index in [0.717, 1.165) is 19.5 Å². The summed E-state index contributed by atoms with van der Waals surface area (Å²) in [5.41, 5.74) is 0. The summed E-state index contributed by atoms with van der Waals surface area (Å²) in [6.07, 6.45) is 8.48. The van der Waals surface area contributed by atoms with Crippen LogP contribution in [-0.4, -0.2) is 53.2 Å². The van der Waals surface area contributed by atoms with Crippen LogP contribution in [0.15, 0.2) is 0 Å². The maximum atomic E-state index is 11.7. The molecule has 0 aromatic heterocycles. The zero-order chi connectivity index (χ0) is 13.8. The highest BCUT2D eigenvalue weighted by Gasteiger charge is 2.35. The number of carboxylic acids is 1. The molecule has 6 heteroatoms. The van der Waals surface area contributed by atoms with Crippen LogP contribution < -0.4 is 10.6 Å². The Morgan fingerprint density at radius 2 is 2.16 bits per heavy atom. The maximum absolute atomic E-state index is 11.7. The number of hydrogen-bond donors (Lipinski definition) is 3. The van der Waals surface area contributed by atoms with Gasteiger partial charge in [0, 0.05) is 31.6 Å². The Labute approximate surface area is 112 Å². The molecule has 2 amide bonds. The summed E-state index contributed by atoms with van der Waals surface area (Å²) in [6, 6.07) is -0.680. The van der Waals surface area contributed by atoms with Crippen molar-refractivity contribution in [1.29, 1.82) is 0 Å². The highest BCUT2D eigenvalue weighted by Crippen LogP contribution is 2.29. The Kier molecular flexibility index (Phi) is 4.27. The Hall–Kier alpha value is -1.74. The number of terminal acetylenes is 1. The molecule has 3 N–H and O–H groups in total. The molecule has 6 nitrogen and oxygen atoms in total. The first-order valence-corrected chi connectivity index (χ1v) is 6.57. The molecule has 104 valence electrons. The van der Waals surface area contributed by atoms with Gasteiger partial charge in [0.25, 0.3) is 0 Å². The van der Waals surface area contributed by atoms with Gasteiger partial charge in [0.05, 0.1) is 0 Å². The van der Waals surface area contributed by atoms with Gasteiger partial charge in [-0.3, -0.25) is 4.90 Å². The third-order valence-corrected chi connectivity index (χ3v) is 3.54. The number of carbonyl (C=O) groups is 2. The Balaban J connectivity index is 1.74. The van der Waals surface area contributed by atoms with Crippen molar-refractivity contribution < 1.29 is 14.7 Å². The second-order valence-electron chi connectivity index (χ2n) is 5.13. The van der Waals surface area contributed by atoms with Crippen LogP contribution in [0.1, 0.15) is 25.7 Å². The molecule has 19 heavy (non-hydrogen) atoms. The lowest BCUT2D eigenvalue weighted by Crippen LogP contribution is -2.49. The van der Waals surface area contributed by atoms with Crippen molar-refractivity contribution in [3.8, 4) is 12.3 Å². The minimum Gasteiger partial charge on any atom is -0.480 e. The quantitative estimate of drug-likeness (QED) is 0.611. The van der Waals surface area contributed by atoms with Crippen LogP contribution in [0, 0.1) is 12.3 Å². The highest BCUT2D eigenvalue weighted by molar-refractivity contribution is 5.82. The molecule has 1 aliphatic carbocycles. The van der Waals surface area contributed by atoms with Crippen LogP contribution in [0.5, 0.6) is 0 Å². The van der Waals surface area contributed by atoms with E-state index < -0.39 is 18.0 Å². The van der Waals surface area contributed by atoms with E-state index in [1.54, 1.807) is 0 Å². The van der Waals surface area contributed by atoms with Crippen molar-refractivity contribution in [2.75, 3.05) is 13.1 Å². The first kappa shape index (κ1) is 13.7. The normalized spacial score (nSPS) is 24.5. The van der Waals surface area contributed by atoms with Gasteiger partial charge < -0.3 is 15.7 Å². The number of rotatable bonds is 5. The van der Waals surface area contributed by atoms with E-state index in [-0.39, 0.29) is 12.5 Å². The average Bonchev–Trinajstić information content (AvgIpc) is 3.10. The van der Waals surface area contributed by atoms with Gasteiger partial charge in [0.2, 0.25) is 0 Å². The zero-order valence-electron chi connectivity index (χ0n) is 10.8. The van der Waals surface area contributed by atoms with E-state index in [1.165, 1.54) is 12.8 Å². The molecular formula is C13H19N3O3. The van der Waals surface area contributed by atoms with Crippen molar-refractivity contribution in [3.05, 3.63) is 0 Å². The van der Waals surface area contributed by atoms with E-state index in [2.05, 4.69) is 21.5 Å². The van der Waals surface area contributed by atoms with E-state index in [0.29, 0.717) is 6.04 Å². The van der Waals surface area contributed by atoms with Gasteiger partial charge in [-0.15, -0.1) is 12.3 Å². The van der Waals surface area contributed by atoms with E-state index in [1.807, 2.05) is 0 Å². The number of amides is 2. The second-order valence-corrected chi connectivity index (χ2v) is 5.13. The van der Waals surface area contributed by atoms with Crippen LogP contribution in [0.25, 0.3) is 0 Å². The summed E-state index contributed by atoms with van der Waals surface area (Å²) in [5, 5.41) is 14.1. The number of hydrogen-bond acceptors (Lipinski definition) is 3. The molecule has 1 saturated heterocycles. The molecule has 2 aliphatic rings. The molecule has 1 saturated carbocycles. The minimum atomic E-state index is -1.11. The number of carbonyl (C=O) groups excluding carboxylic acids is 1. The molecule has 0 spiro atoms. The Bertz CT molecular complexity index is 400. The fourth-order valence-electron chi connectivity index (χ4n) is 2.38. The fraction of sp³-hybridized carbons (Fsp3) is 0.692. The monoisotopic (exact) mass is 265 g/mol. The molecule has 0 aromatic carbocycles. The van der Waals surface area contributed by atoms with Crippen LogP contribution >= 0.6 is 0 Å². The second kappa shape index (κ2) is 5.93. The number of aliphatic carboxylic acids is 1. The topological polar surface area (TPSA) is 81.7 Å². The van der Waals surface area contributed by atoms with Crippen molar-refractivity contribution in [1.82, 2.24) is 15.5 Å². The van der Waals surface area contributed by atoms with Gasteiger partial charge in [0.1, 0.15) is 6.04 Å². The summed E-state index contributed by atoms with van der Waals surface area (Å²) in [4.78, 5) is 24.9. The fourth-order valence-corrected chi connectivity index (χ4v) is 2.38. The van der Waals surface area contributed by atoms with Gasteiger partial charge in [-0.1, -0.05) is 0 Å². The third-order valence-electron chi connectivity index (χ3n) is 3.54. The first-order chi connectivity index (χ1) is 9.10. The summed E-state index contributed by atoms with van der Waals surface area (Å²) in [7, 11) is 0. The molecular weight excluding hydrogens is 246 g/mol. The standard InChI is InChI=1S/C13H19N3O3/c1-2-3-11(12(17)18)15-13(19)14-9-6-7-16(8-9)10-4-5-10/h1,9-11H,3-8H2,(H,17,18)(H2,14,15,19). The summed E-state index contributed by atoms with van der Waals surface area (Å²) in [6.45, 7) is 1.85. The number of nitrogens with zero attached hydrogens (tertiary/aromatic N) is 1. The van der Waals surface area contributed by atoms with Crippen molar-refractivity contribution in [2.24, 2.45) is 0 Å². The van der Waals surface area contributed by atoms with Crippen LogP contribution in [0.2, 0.25) is 0 Å². The lowest BCUT2D eigenvalue weighted by Gasteiger charge is -2.17. The average molecular weight is 265 g/mol. The molecule has 1 aliphatic heterocycles. The Morgan fingerprint density at radius 3 is 2.74 bits per heavy atom. The van der Waals surface area contributed by atoms with Gasteiger partial charge in [-0.05, 0) is 19.3 Å². The summed E-state index contributed by atoms with van der Waals surface area (Å²) in [5.74, 6) is 1.13. The Morgan fingerprint density at radius 1 is 1.42 bits per heavy atom. The highest BCUT2D eigenvalue weighted by atomic mass is 16.4. The van der Waals surface area contributed by atoms with Crippen molar-refractivity contribution in [2.45, 2.75) is 43.8 Å².